The van der Waals surface area contributed by atoms with Crippen LogP contribution in [0.5, 0.6) is 5.75 Å². The largest absolute Gasteiger partial charge is 0.534 e. The highest BCUT2D eigenvalue weighted by Crippen LogP contribution is 2.41. The number of fused-ring (bicyclic) bond motifs is 1. The number of halogens is 3. The fraction of sp³-hybridized carbons (Fsp3) is 0.476. The van der Waals surface area contributed by atoms with Crippen molar-refractivity contribution >= 4 is 40.6 Å². The third-order valence-corrected chi connectivity index (χ3v) is 7.62. The second-order valence-corrected chi connectivity index (χ2v) is 12.0. The molecule has 3 heterocycles. The molecule has 36 heavy (non-hydrogen) atoms. The van der Waals surface area contributed by atoms with Crippen LogP contribution in [0.1, 0.15) is 32.3 Å². The molecule has 0 atom stereocenters. The summed E-state index contributed by atoms with van der Waals surface area (Å²) in [7, 11) is -7.17. The van der Waals surface area contributed by atoms with Gasteiger partial charge >= 0.3 is 15.6 Å². The number of pyridine rings is 1. The average Bonchev–Trinajstić information content (AvgIpc) is 3.16. The van der Waals surface area contributed by atoms with Crippen molar-refractivity contribution in [3.8, 4) is 17.3 Å². The molecule has 3 rings (SSSR count). The van der Waals surface area contributed by atoms with Crippen LogP contribution in [0.4, 0.5) is 13.2 Å². The number of aromatic nitrogens is 3. The lowest BCUT2D eigenvalue weighted by atomic mass is 9.86. The molecule has 0 fully saturated rings. The molecule has 3 aromatic heterocycles. The van der Waals surface area contributed by atoms with E-state index in [1.165, 1.54) is 30.9 Å². The van der Waals surface area contributed by atoms with Crippen LogP contribution >= 0.6 is 0 Å². The number of nitrogens with zero attached hydrogens (tertiary/aromatic N) is 3. The molecule has 198 valence electrons. The van der Waals surface area contributed by atoms with E-state index >= 15 is 0 Å². The molecule has 9 nitrogen and oxygen atoms in total. The molecule has 0 N–H and O–H groups in total. The number of rotatable bonds is 12. The van der Waals surface area contributed by atoms with E-state index in [4.69, 9.17) is 13.3 Å². The topological polar surface area (TPSA) is 114 Å². The van der Waals surface area contributed by atoms with E-state index in [-0.39, 0.29) is 34.3 Å². The van der Waals surface area contributed by atoms with Crippen LogP contribution in [0.3, 0.4) is 0 Å². The van der Waals surface area contributed by atoms with Gasteiger partial charge < -0.3 is 17.5 Å². The van der Waals surface area contributed by atoms with Gasteiger partial charge in [0.2, 0.25) is 5.76 Å². The second kappa shape index (κ2) is 11.4. The Hall–Kier alpha value is -2.34. The fourth-order valence-corrected chi connectivity index (χ4v) is 5.96. The second-order valence-electron chi connectivity index (χ2n) is 8.62. The Labute approximate surface area is 211 Å². The van der Waals surface area contributed by atoms with Crippen molar-refractivity contribution in [2.24, 2.45) is 5.41 Å². The van der Waals surface area contributed by atoms with E-state index < -0.39 is 40.9 Å². The number of hydrogen-bond donors (Lipinski definition) is 0. The van der Waals surface area contributed by atoms with E-state index in [0.29, 0.717) is 6.42 Å². The highest BCUT2D eigenvalue weighted by atomic mass is 32.2. The smallest absolute Gasteiger partial charge is 0.447 e. The third-order valence-electron chi connectivity index (χ3n) is 5.39. The van der Waals surface area contributed by atoms with Crippen molar-refractivity contribution in [2.45, 2.75) is 58.0 Å². The summed E-state index contributed by atoms with van der Waals surface area (Å²) >= 11 is 0. The van der Waals surface area contributed by atoms with Gasteiger partial charge in [-0.15, -0.1) is 0 Å². The molecule has 0 radical (unpaired) electrons. The van der Waals surface area contributed by atoms with Gasteiger partial charge in [0.1, 0.15) is 6.29 Å². The van der Waals surface area contributed by atoms with Gasteiger partial charge in [0.05, 0.1) is 11.6 Å². The summed E-state index contributed by atoms with van der Waals surface area (Å²) in [5, 5.41) is -0.00740. The molecule has 0 unspecified atom stereocenters. The van der Waals surface area contributed by atoms with Gasteiger partial charge in [-0.05, 0) is 30.9 Å². The maximum atomic E-state index is 13.0. The lowest BCUT2D eigenvalue weighted by Crippen LogP contribution is -2.36. The van der Waals surface area contributed by atoms with Crippen LogP contribution in [0, 0.1) is 5.41 Å². The number of alkyl halides is 3. The van der Waals surface area contributed by atoms with Crippen LogP contribution in [0.15, 0.2) is 35.3 Å². The minimum Gasteiger partial charge on any atom is -0.447 e. The Morgan fingerprint density at radius 3 is 2.31 bits per heavy atom. The van der Waals surface area contributed by atoms with Crippen molar-refractivity contribution in [1.82, 2.24) is 15.0 Å². The summed E-state index contributed by atoms with van der Waals surface area (Å²) in [4.78, 5) is 12.2. The molecule has 0 aromatic carbocycles. The Balaban J connectivity index is 1.79. The lowest BCUT2D eigenvalue weighted by molar-refractivity contribution is -0.0825. The van der Waals surface area contributed by atoms with Gasteiger partial charge in [0, 0.05) is 24.0 Å². The predicted molar refractivity (Wildman–Crippen MR) is 132 cm³/mol. The van der Waals surface area contributed by atoms with Gasteiger partial charge in [-0.1, -0.05) is 26.9 Å². The van der Waals surface area contributed by atoms with Crippen molar-refractivity contribution in [2.75, 3.05) is 0 Å². The molecule has 0 aliphatic heterocycles. The molecule has 0 saturated carbocycles. The highest BCUT2D eigenvalue weighted by molar-refractivity contribution is 7.88. The first-order valence-corrected chi connectivity index (χ1v) is 16.7. The van der Waals surface area contributed by atoms with Crippen LogP contribution < -0.4 is 4.18 Å². The third kappa shape index (κ3) is 6.50. The first kappa shape index (κ1) is 28.2. The molecule has 0 saturated heterocycles. The molecule has 15 heteroatoms. The normalized spacial score (nSPS) is 14.4. The maximum absolute atomic E-state index is 13.0. The van der Waals surface area contributed by atoms with E-state index in [1.54, 1.807) is 0 Å². The minimum atomic E-state index is -5.94. The van der Waals surface area contributed by atoms with Crippen molar-refractivity contribution in [3.05, 3.63) is 36.4 Å². The number of furan rings is 1. The highest BCUT2D eigenvalue weighted by Gasteiger charge is 2.49. The molecule has 0 aliphatic carbocycles. The first-order chi connectivity index (χ1) is 16.9. The minimum absolute atomic E-state index is 0.00740. The van der Waals surface area contributed by atoms with E-state index in [2.05, 4.69) is 46.1 Å². The monoisotopic (exact) mass is 563 g/mol. The summed E-state index contributed by atoms with van der Waals surface area (Å²) in [6, 6.07) is 1.28. The van der Waals surface area contributed by atoms with Gasteiger partial charge in [-0.25, -0.2) is 9.97 Å². The van der Waals surface area contributed by atoms with Gasteiger partial charge in [-0.2, -0.15) is 21.6 Å². The van der Waals surface area contributed by atoms with E-state index in [0.717, 1.165) is 18.4 Å². The van der Waals surface area contributed by atoms with Gasteiger partial charge in [0.15, 0.2) is 36.7 Å². The van der Waals surface area contributed by atoms with Gasteiger partial charge in [0.25, 0.3) is 0 Å². The molecule has 0 aliphatic rings. The Morgan fingerprint density at radius 2 is 1.72 bits per heavy atom. The average molecular weight is 564 g/mol. The standard InChI is InChI=1S/C21H28F3N3O6SSi2/c1-20(2,19(32-35-3)33-36-4)8-5-6-13-10-26-18(27-11-13)17-16(31-34(28,29)21(22,23)24)14-7-9-25-12-15(14)30-17/h7,9-12,19H,5-6,8,35-36H2,1-4H3. The number of aryl methyl sites for hydroxylation is 1. The Morgan fingerprint density at radius 1 is 1.08 bits per heavy atom. The van der Waals surface area contributed by atoms with Crippen molar-refractivity contribution < 1.29 is 39.0 Å². The molecular formula is C21H28F3N3O6SSi2. The zero-order valence-electron chi connectivity index (χ0n) is 20.3. The van der Waals surface area contributed by atoms with Crippen molar-refractivity contribution in [1.29, 1.82) is 0 Å². The predicted octanol–water partition coefficient (Wildman–Crippen LogP) is 3.49. The maximum Gasteiger partial charge on any atom is 0.534 e. The molecule has 0 bridgehead atoms. The number of hydrogen-bond acceptors (Lipinski definition) is 9. The van der Waals surface area contributed by atoms with Crippen LogP contribution in [-0.4, -0.2) is 54.7 Å². The SMILES string of the molecule is C[SiH2]OC(O[SiH2]C)C(C)(C)CCCc1cnc(-c2oc3cnccc3c2OS(=O)(=O)C(F)(F)F)nc1. The summed E-state index contributed by atoms with van der Waals surface area (Å²) in [6.07, 6.45) is 7.63. The zero-order valence-corrected chi connectivity index (χ0v) is 24.0. The Bertz CT molecular complexity index is 1260. The Kier molecular flexibility index (Phi) is 8.92. The lowest BCUT2D eigenvalue weighted by Gasteiger charge is -2.34. The summed E-state index contributed by atoms with van der Waals surface area (Å²) in [6.45, 7) is 8.35. The van der Waals surface area contributed by atoms with Crippen LogP contribution in [0.2, 0.25) is 13.1 Å². The summed E-state index contributed by atoms with van der Waals surface area (Å²) < 4.78 is 83.9. The fourth-order valence-electron chi connectivity index (χ4n) is 3.58. The van der Waals surface area contributed by atoms with Gasteiger partial charge in [-0.3, -0.25) is 4.98 Å². The zero-order chi connectivity index (χ0) is 26.6. The van der Waals surface area contributed by atoms with E-state index in [1.807, 2.05) is 0 Å². The molecule has 0 spiro atoms. The first-order valence-electron chi connectivity index (χ1n) is 11.3. The molecular weight excluding hydrogens is 535 g/mol. The van der Waals surface area contributed by atoms with E-state index in [9.17, 15) is 21.6 Å². The van der Waals surface area contributed by atoms with Crippen molar-refractivity contribution in [3.63, 3.8) is 0 Å². The van der Waals surface area contributed by atoms with Crippen LogP contribution in [0.25, 0.3) is 22.6 Å². The summed E-state index contributed by atoms with van der Waals surface area (Å²) in [5.41, 5.74) is -4.96. The summed E-state index contributed by atoms with van der Waals surface area (Å²) in [5.74, 6) is -1.11. The quantitative estimate of drug-likeness (QED) is 0.141. The molecule has 3 aromatic rings. The molecule has 0 amide bonds. The van der Waals surface area contributed by atoms with Crippen LogP contribution in [-0.2, 0) is 25.4 Å².